The van der Waals surface area contributed by atoms with E-state index in [0.717, 1.165) is 18.4 Å². The number of unbranched alkanes of at least 4 members (excludes halogenated alkanes) is 1. The van der Waals surface area contributed by atoms with Gasteiger partial charge in [-0.15, -0.1) is 0 Å². The monoisotopic (exact) mass is 418 g/mol. The number of carbonyl (C=O) groups excluding carboxylic acids is 2. The summed E-state index contributed by atoms with van der Waals surface area (Å²) >= 11 is 6.11. The Morgan fingerprint density at radius 3 is 2.45 bits per heavy atom. The summed E-state index contributed by atoms with van der Waals surface area (Å²) in [6.07, 6.45) is 2.10. The normalized spacial score (nSPS) is 11.7. The van der Waals surface area contributed by atoms with E-state index in [1.165, 1.54) is 17.0 Å². The van der Waals surface area contributed by atoms with Gasteiger partial charge in [0.2, 0.25) is 11.8 Å². The fourth-order valence-electron chi connectivity index (χ4n) is 3.16. The molecule has 0 aromatic heterocycles. The molecule has 156 valence electrons. The molecule has 0 radical (unpaired) electrons. The number of nitrogens with zero attached hydrogens (tertiary/aromatic N) is 1. The lowest BCUT2D eigenvalue weighted by atomic mass is 10.1. The van der Waals surface area contributed by atoms with Crippen molar-refractivity contribution in [3.05, 3.63) is 70.5 Å². The Bertz CT molecular complexity index is 794. The van der Waals surface area contributed by atoms with Crippen LogP contribution in [0, 0.1) is 5.82 Å². The highest BCUT2D eigenvalue weighted by atomic mass is 35.5. The van der Waals surface area contributed by atoms with Crippen molar-refractivity contribution < 1.29 is 14.0 Å². The first kappa shape index (κ1) is 22.9. The third-order valence-electron chi connectivity index (χ3n) is 4.80. The number of hydrogen-bond donors (Lipinski definition) is 1. The third kappa shape index (κ3) is 6.57. The summed E-state index contributed by atoms with van der Waals surface area (Å²) < 4.78 is 14.2. The highest BCUT2D eigenvalue weighted by molar-refractivity contribution is 6.31. The molecule has 0 saturated heterocycles. The average molecular weight is 419 g/mol. The molecule has 0 saturated carbocycles. The van der Waals surface area contributed by atoms with Crippen molar-refractivity contribution in [2.24, 2.45) is 0 Å². The van der Waals surface area contributed by atoms with Crippen molar-refractivity contribution in [1.29, 1.82) is 0 Å². The summed E-state index contributed by atoms with van der Waals surface area (Å²) in [5, 5.41) is 3.12. The maximum absolute atomic E-state index is 14.2. The van der Waals surface area contributed by atoms with Gasteiger partial charge in [-0.05, 0) is 30.5 Å². The minimum absolute atomic E-state index is 0.151. The van der Waals surface area contributed by atoms with Gasteiger partial charge in [0.15, 0.2) is 0 Å². The Morgan fingerprint density at radius 2 is 1.83 bits per heavy atom. The van der Waals surface area contributed by atoms with E-state index in [1.807, 2.05) is 44.2 Å². The van der Waals surface area contributed by atoms with Crippen LogP contribution in [0.15, 0.2) is 48.5 Å². The van der Waals surface area contributed by atoms with Gasteiger partial charge < -0.3 is 10.2 Å². The Labute approximate surface area is 177 Å². The number of carbonyl (C=O) groups is 2. The van der Waals surface area contributed by atoms with Crippen LogP contribution in [0.3, 0.4) is 0 Å². The molecule has 4 nitrogen and oxygen atoms in total. The van der Waals surface area contributed by atoms with Gasteiger partial charge in [0.25, 0.3) is 0 Å². The van der Waals surface area contributed by atoms with Crippen LogP contribution in [-0.4, -0.2) is 29.3 Å². The molecule has 0 aliphatic rings. The van der Waals surface area contributed by atoms with E-state index in [0.29, 0.717) is 13.0 Å². The second kappa shape index (κ2) is 11.6. The van der Waals surface area contributed by atoms with Crippen LogP contribution in [0.1, 0.15) is 44.2 Å². The van der Waals surface area contributed by atoms with Gasteiger partial charge in [0.1, 0.15) is 11.9 Å². The van der Waals surface area contributed by atoms with Crippen LogP contribution in [0.2, 0.25) is 5.02 Å². The van der Waals surface area contributed by atoms with Crippen molar-refractivity contribution >= 4 is 23.4 Å². The molecule has 2 aromatic carbocycles. The van der Waals surface area contributed by atoms with Gasteiger partial charge in [-0.3, -0.25) is 9.59 Å². The predicted octanol–water partition coefficient (Wildman–Crippen LogP) is 4.75. The van der Waals surface area contributed by atoms with Gasteiger partial charge in [-0.25, -0.2) is 4.39 Å². The summed E-state index contributed by atoms with van der Waals surface area (Å²) in [6, 6.07) is 13.2. The predicted molar refractivity (Wildman–Crippen MR) is 114 cm³/mol. The van der Waals surface area contributed by atoms with E-state index in [2.05, 4.69) is 5.32 Å². The summed E-state index contributed by atoms with van der Waals surface area (Å²) in [5.74, 6) is -1.05. The summed E-state index contributed by atoms with van der Waals surface area (Å²) in [6.45, 7) is 4.75. The molecular formula is C23H28ClFN2O2. The average Bonchev–Trinajstić information content (AvgIpc) is 2.71. The fourth-order valence-corrected chi connectivity index (χ4v) is 3.39. The van der Waals surface area contributed by atoms with Crippen LogP contribution in [0.4, 0.5) is 4.39 Å². The molecular weight excluding hydrogens is 391 g/mol. The topological polar surface area (TPSA) is 49.4 Å². The number of halogens is 2. The molecule has 2 amide bonds. The third-order valence-corrected chi connectivity index (χ3v) is 5.16. The summed E-state index contributed by atoms with van der Waals surface area (Å²) in [7, 11) is 0. The fraction of sp³-hybridized carbons (Fsp3) is 0.391. The van der Waals surface area contributed by atoms with E-state index in [-0.39, 0.29) is 35.4 Å². The van der Waals surface area contributed by atoms with Crippen molar-refractivity contribution in [3.8, 4) is 0 Å². The Hall–Kier alpha value is -2.40. The van der Waals surface area contributed by atoms with E-state index in [1.54, 1.807) is 6.07 Å². The van der Waals surface area contributed by atoms with Gasteiger partial charge in [0, 0.05) is 23.7 Å². The van der Waals surface area contributed by atoms with E-state index in [9.17, 15) is 14.0 Å². The molecule has 29 heavy (non-hydrogen) atoms. The molecule has 2 aromatic rings. The largest absolute Gasteiger partial charge is 0.354 e. The second-order valence-electron chi connectivity index (χ2n) is 6.95. The Balaban J connectivity index is 2.27. The summed E-state index contributed by atoms with van der Waals surface area (Å²) in [5.41, 5.74) is 1.05. The van der Waals surface area contributed by atoms with Gasteiger partial charge in [0.05, 0.1) is 6.42 Å². The number of rotatable bonds is 10. The molecule has 0 heterocycles. The molecule has 0 aliphatic carbocycles. The van der Waals surface area contributed by atoms with E-state index < -0.39 is 11.9 Å². The quantitative estimate of drug-likeness (QED) is 0.566. The van der Waals surface area contributed by atoms with Crippen molar-refractivity contribution in [2.45, 2.75) is 52.1 Å². The van der Waals surface area contributed by atoms with Crippen molar-refractivity contribution in [3.63, 3.8) is 0 Å². The highest BCUT2D eigenvalue weighted by Crippen LogP contribution is 2.22. The molecule has 2 rings (SSSR count). The zero-order valence-corrected chi connectivity index (χ0v) is 17.7. The lowest BCUT2D eigenvalue weighted by molar-refractivity contribution is -0.141. The van der Waals surface area contributed by atoms with Crippen LogP contribution < -0.4 is 5.32 Å². The van der Waals surface area contributed by atoms with Crippen LogP contribution in [0.5, 0.6) is 0 Å². The highest BCUT2D eigenvalue weighted by Gasteiger charge is 2.29. The van der Waals surface area contributed by atoms with Gasteiger partial charge >= 0.3 is 0 Å². The first-order chi connectivity index (χ1) is 14.0. The molecule has 0 aliphatic heterocycles. The first-order valence-electron chi connectivity index (χ1n) is 10.0. The molecule has 0 spiro atoms. The molecule has 0 fully saturated rings. The maximum Gasteiger partial charge on any atom is 0.242 e. The molecule has 1 atom stereocenters. The molecule has 1 N–H and O–H groups in total. The van der Waals surface area contributed by atoms with Gasteiger partial charge in [-0.2, -0.15) is 0 Å². The molecule has 1 unspecified atom stereocenters. The zero-order valence-electron chi connectivity index (χ0n) is 17.0. The van der Waals surface area contributed by atoms with Gasteiger partial charge in [-0.1, -0.05) is 68.3 Å². The first-order valence-corrected chi connectivity index (χ1v) is 10.4. The zero-order chi connectivity index (χ0) is 21.2. The van der Waals surface area contributed by atoms with E-state index in [4.69, 9.17) is 11.6 Å². The summed E-state index contributed by atoms with van der Waals surface area (Å²) in [4.78, 5) is 27.5. The standard InChI is InChI=1S/C23H28ClFN2O2/c1-3-5-14-26-23(29)21(4-2)27(16-17-10-7-6-8-11-17)22(28)15-18-19(24)12-9-13-20(18)25/h6-13,21H,3-5,14-16H2,1-2H3,(H,26,29). The van der Waals surface area contributed by atoms with Crippen LogP contribution in [0.25, 0.3) is 0 Å². The van der Waals surface area contributed by atoms with Crippen LogP contribution >= 0.6 is 11.6 Å². The Morgan fingerprint density at radius 1 is 1.10 bits per heavy atom. The number of amides is 2. The maximum atomic E-state index is 14.2. The van der Waals surface area contributed by atoms with Crippen LogP contribution in [-0.2, 0) is 22.6 Å². The smallest absolute Gasteiger partial charge is 0.242 e. The van der Waals surface area contributed by atoms with Crippen molar-refractivity contribution in [1.82, 2.24) is 10.2 Å². The minimum Gasteiger partial charge on any atom is -0.354 e. The molecule has 6 heteroatoms. The number of nitrogens with one attached hydrogen (secondary N) is 1. The Kier molecular flexibility index (Phi) is 9.13. The van der Waals surface area contributed by atoms with E-state index >= 15 is 0 Å². The lowest BCUT2D eigenvalue weighted by Crippen LogP contribution is -2.49. The lowest BCUT2D eigenvalue weighted by Gasteiger charge is -2.31. The SMILES string of the molecule is CCCCNC(=O)C(CC)N(Cc1ccccc1)C(=O)Cc1c(F)cccc1Cl. The number of benzene rings is 2. The molecule has 0 bridgehead atoms. The van der Waals surface area contributed by atoms with Crippen molar-refractivity contribution in [2.75, 3.05) is 6.54 Å². The second-order valence-corrected chi connectivity index (χ2v) is 7.36. The number of hydrogen-bond acceptors (Lipinski definition) is 2. The minimum atomic E-state index is -0.634.